The van der Waals surface area contributed by atoms with Gasteiger partial charge in [-0.2, -0.15) is 0 Å². The van der Waals surface area contributed by atoms with E-state index in [1.807, 2.05) is 0 Å². The van der Waals surface area contributed by atoms with Crippen molar-refractivity contribution in [2.75, 3.05) is 5.32 Å². The SMILES string of the molecule is Cc1c(C(=O)OC2CCCCC2)sc2ncn(CC(=O)Nc3cccc(Cl)c3)c(=O)c12. The number of anilines is 1. The van der Waals surface area contributed by atoms with Crippen molar-refractivity contribution in [3.63, 3.8) is 0 Å². The number of halogens is 1. The monoisotopic (exact) mass is 459 g/mol. The molecule has 0 bridgehead atoms. The van der Waals surface area contributed by atoms with Crippen LogP contribution >= 0.6 is 22.9 Å². The molecule has 2 aromatic heterocycles. The molecule has 7 nitrogen and oxygen atoms in total. The number of carbonyl (C=O) groups is 2. The van der Waals surface area contributed by atoms with Gasteiger partial charge in [0.2, 0.25) is 5.91 Å². The van der Waals surface area contributed by atoms with Gasteiger partial charge in [-0.25, -0.2) is 9.78 Å². The number of esters is 1. The number of hydrogen-bond donors (Lipinski definition) is 1. The van der Waals surface area contributed by atoms with E-state index in [2.05, 4.69) is 10.3 Å². The molecule has 1 aliphatic carbocycles. The van der Waals surface area contributed by atoms with E-state index in [4.69, 9.17) is 16.3 Å². The van der Waals surface area contributed by atoms with Gasteiger partial charge in [-0.1, -0.05) is 24.1 Å². The van der Waals surface area contributed by atoms with Gasteiger partial charge in [-0.05, 0) is 56.4 Å². The summed E-state index contributed by atoms with van der Waals surface area (Å²) in [6.45, 7) is 1.52. The van der Waals surface area contributed by atoms with Gasteiger partial charge in [0.25, 0.3) is 5.56 Å². The molecule has 0 unspecified atom stereocenters. The highest BCUT2D eigenvalue weighted by atomic mass is 35.5. The van der Waals surface area contributed by atoms with Crippen molar-refractivity contribution in [1.82, 2.24) is 9.55 Å². The Hall–Kier alpha value is -2.71. The number of ether oxygens (including phenoxy) is 1. The third-order valence-electron chi connectivity index (χ3n) is 5.35. The zero-order valence-electron chi connectivity index (χ0n) is 17.0. The molecule has 0 saturated heterocycles. The minimum Gasteiger partial charge on any atom is -0.458 e. The molecule has 9 heteroatoms. The molecule has 2 heterocycles. The third kappa shape index (κ3) is 4.80. The zero-order chi connectivity index (χ0) is 22.0. The van der Waals surface area contributed by atoms with Crippen molar-refractivity contribution in [2.24, 2.45) is 0 Å². The highest BCUT2D eigenvalue weighted by Crippen LogP contribution is 2.29. The number of hydrogen-bond acceptors (Lipinski definition) is 6. The van der Waals surface area contributed by atoms with Crippen LogP contribution in [0.4, 0.5) is 5.69 Å². The van der Waals surface area contributed by atoms with Gasteiger partial charge in [0.15, 0.2) is 0 Å². The van der Waals surface area contributed by atoms with Gasteiger partial charge in [-0.3, -0.25) is 14.2 Å². The highest BCUT2D eigenvalue weighted by Gasteiger charge is 2.24. The van der Waals surface area contributed by atoms with E-state index in [0.29, 0.717) is 31.4 Å². The molecule has 0 spiro atoms. The van der Waals surface area contributed by atoms with Crippen LogP contribution in [0.25, 0.3) is 10.2 Å². The lowest BCUT2D eigenvalue weighted by Crippen LogP contribution is -2.28. The van der Waals surface area contributed by atoms with Gasteiger partial charge in [0, 0.05) is 10.7 Å². The average molecular weight is 460 g/mol. The fourth-order valence-electron chi connectivity index (χ4n) is 3.78. The fourth-order valence-corrected chi connectivity index (χ4v) is 4.99. The summed E-state index contributed by atoms with van der Waals surface area (Å²) in [5, 5.41) is 3.55. The van der Waals surface area contributed by atoms with Crippen molar-refractivity contribution in [2.45, 2.75) is 51.7 Å². The number of benzene rings is 1. The third-order valence-corrected chi connectivity index (χ3v) is 6.77. The number of rotatable bonds is 5. The summed E-state index contributed by atoms with van der Waals surface area (Å²) in [5.74, 6) is -0.785. The molecule has 1 amide bonds. The summed E-state index contributed by atoms with van der Waals surface area (Å²) in [7, 11) is 0. The molecule has 1 saturated carbocycles. The Morgan fingerprint density at radius 3 is 2.81 bits per heavy atom. The van der Waals surface area contributed by atoms with Crippen LogP contribution in [-0.4, -0.2) is 27.5 Å². The molecule has 0 radical (unpaired) electrons. The fraction of sp³-hybridized carbons (Fsp3) is 0.364. The first kappa shape index (κ1) is 21.5. The number of aryl methyl sites for hydroxylation is 1. The molecule has 1 aliphatic rings. The maximum absolute atomic E-state index is 13.0. The Labute approximate surface area is 188 Å². The molecule has 1 aromatic carbocycles. The summed E-state index contributed by atoms with van der Waals surface area (Å²) in [6.07, 6.45) is 6.31. The summed E-state index contributed by atoms with van der Waals surface area (Å²) in [5.41, 5.74) is 0.721. The Morgan fingerprint density at radius 2 is 2.06 bits per heavy atom. The molecule has 3 aromatic rings. The van der Waals surface area contributed by atoms with Crippen molar-refractivity contribution in [1.29, 1.82) is 0 Å². The van der Waals surface area contributed by atoms with Gasteiger partial charge >= 0.3 is 5.97 Å². The number of aromatic nitrogens is 2. The first-order chi connectivity index (χ1) is 14.9. The zero-order valence-corrected chi connectivity index (χ0v) is 18.6. The Bertz CT molecular complexity index is 1200. The van der Waals surface area contributed by atoms with E-state index in [0.717, 1.165) is 37.0 Å². The average Bonchev–Trinajstić information content (AvgIpc) is 3.08. The minimum absolute atomic E-state index is 0.0642. The van der Waals surface area contributed by atoms with Crippen LogP contribution in [-0.2, 0) is 16.1 Å². The number of thiophene rings is 1. The number of amides is 1. The Balaban J connectivity index is 1.54. The molecule has 0 aliphatic heterocycles. The van der Waals surface area contributed by atoms with Crippen molar-refractivity contribution in [3.8, 4) is 0 Å². The van der Waals surface area contributed by atoms with Crippen LogP contribution in [0.2, 0.25) is 5.02 Å². The maximum atomic E-state index is 13.0. The van der Waals surface area contributed by atoms with Gasteiger partial charge in [-0.15, -0.1) is 11.3 Å². The molecule has 1 fully saturated rings. The second-order valence-corrected chi connectivity index (χ2v) is 9.07. The largest absolute Gasteiger partial charge is 0.458 e. The van der Waals surface area contributed by atoms with Crippen LogP contribution in [0.3, 0.4) is 0 Å². The molecule has 162 valence electrons. The van der Waals surface area contributed by atoms with Gasteiger partial charge in [0.05, 0.1) is 11.7 Å². The van der Waals surface area contributed by atoms with E-state index in [9.17, 15) is 14.4 Å². The van der Waals surface area contributed by atoms with E-state index >= 15 is 0 Å². The predicted octanol–water partition coefficient (Wildman–Crippen LogP) is 4.55. The molecule has 1 N–H and O–H groups in total. The smallest absolute Gasteiger partial charge is 0.348 e. The first-order valence-electron chi connectivity index (χ1n) is 10.2. The van der Waals surface area contributed by atoms with Crippen molar-refractivity contribution >= 4 is 50.7 Å². The summed E-state index contributed by atoms with van der Waals surface area (Å²) >= 11 is 7.09. The summed E-state index contributed by atoms with van der Waals surface area (Å²) in [4.78, 5) is 43.2. The van der Waals surface area contributed by atoms with Crippen LogP contribution in [0.1, 0.15) is 47.3 Å². The lowest BCUT2D eigenvalue weighted by Gasteiger charge is -2.21. The van der Waals surface area contributed by atoms with Crippen LogP contribution in [0, 0.1) is 6.92 Å². The lowest BCUT2D eigenvalue weighted by molar-refractivity contribution is -0.116. The predicted molar refractivity (Wildman–Crippen MR) is 121 cm³/mol. The standard InChI is InChI=1S/C22H22ClN3O4S/c1-13-18-20(31-19(13)22(29)30-16-8-3-2-4-9-16)24-12-26(21(18)28)11-17(27)25-15-7-5-6-14(23)10-15/h5-7,10,12,16H,2-4,8-9,11H2,1H3,(H,25,27). The van der Waals surface area contributed by atoms with E-state index < -0.39 is 5.97 Å². The van der Waals surface area contributed by atoms with Gasteiger partial charge < -0.3 is 10.1 Å². The van der Waals surface area contributed by atoms with Crippen LogP contribution in [0.5, 0.6) is 0 Å². The van der Waals surface area contributed by atoms with E-state index in [-0.39, 0.29) is 24.1 Å². The number of fused-ring (bicyclic) bond motifs is 1. The van der Waals surface area contributed by atoms with Crippen molar-refractivity contribution < 1.29 is 14.3 Å². The molecule has 4 rings (SSSR count). The topological polar surface area (TPSA) is 90.3 Å². The maximum Gasteiger partial charge on any atom is 0.348 e. The number of nitrogens with zero attached hydrogens (tertiary/aromatic N) is 2. The van der Waals surface area contributed by atoms with E-state index in [1.54, 1.807) is 31.2 Å². The molecular weight excluding hydrogens is 438 g/mol. The second-order valence-electron chi connectivity index (χ2n) is 7.64. The highest BCUT2D eigenvalue weighted by molar-refractivity contribution is 7.20. The molecule has 31 heavy (non-hydrogen) atoms. The summed E-state index contributed by atoms with van der Waals surface area (Å²) in [6, 6.07) is 6.76. The van der Waals surface area contributed by atoms with Crippen LogP contribution < -0.4 is 10.9 Å². The van der Waals surface area contributed by atoms with Crippen LogP contribution in [0.15, 0.2) is 35.4 Å². The minimum atomic E-state index is -0.406. The molecule has 0 atom stereocenters. The van der Waals surface area contributed by atoms with E-state index in [1.165, 1.54) is 17.3 Å². The normalized spacial score (nSPS) is 14.5. The Morgan fingerprint density at radius 1 is 1.29 bits per heavy atom. The van der Waals surface area contributed by atoms with Crippen molar-refractivity contribution in [3.05, 3.63) is 56.4 Å². The summed E-state index contributed by atoms with van der Waals surface area (Å²) < 4.78 is 6.89. The number of carbonyl (C=O) groups excluding carboxylic acids is 2. The van der Waals surface area contributed by atoms with Gasteiger partial charge in [0.1, 0.15) is 22.4 Å². The number of nitrogens with one attached hydrogen (secondary N) is 1. The second kappa shape index (κ2) is 9.20. The quantitative estimate of drug-likeness (QED) is 0.565. The Kier molecular flexibility index (Phi) is 6.38. The first-order valence-corrected chi connectivity index (χ1v) is 11.4. The lowest BCUT2D eigenvalue weighted by atomic mass is 9.98. The molecular formula is C22H22ClN3O4S.